The molecule has 0 aliphatic heterocycles. The van der Waals surface area contributed by atoms with Crippen molar-refractivity contribution in [2.45, 2.75) is 366 Å². The molecule has 0 fully saturated rings. The number of esters is 1. The summed E-state index contributed by atoms with van der Waals surface area (Å²) in [5, 5.41) is 23.2. The molecule has 0 bridgehead atoms. The third-order valence-corrected chi connectivity index (χ3v) is 15.0. The van der Waals surface area contributed by atoms with Gasteiger partial charge in [0.05, 0.1) is 25.4 Å². The van der Waals surface area contributed by atoms with E-state index in [2.05, 4.69) is 31.3 Å². The van der Waals surface area contributed by atoms with Gasteiger partial charge in [-0.15, -0.1) is 0 Å². The van der Waals surface area contributed by atoms with E-state index in [9.17, 15) is 19.8 Å². The predicted octanol–water partition coefficient (Wildman–Crippen LogP) is 20.2. The number of nitrogens with one attached hydrogen (secondary N) is 1. The molecule has 3 N–H and O–H groups in total. The summed E-state index contributed by atoms with van der Waals surface area (Å²) in [4.78, 5) is 24.6. The van der Waals surface area contributed by atoms with Crippen molar-refractivity contribution < 1.29 is 24.5 Å². The minimum absolute atomic E-state index is 0.00649. The van der Waals surface area contributed by atoms with E-state index < -0.39 is 12.1 Å². The largest absolute Gasteiger partial charge is 0.466 e. The van der Waals surface area contributed by atoms with Gasteiger partial charge >= 0.3 is 5.97 Å². The van der Waals surface area contributed by atoms with E-state index in [0.717, 1.165) is 70.6 Å². The number of hydrogen-bond acceptors (Lipinski definition) is 5. The summed E-state index contributed by atoms with van der Waals surface area (Å²) in [6.07, 6.45) is 75.1. The molecule has 0 rings (SSSR count). The number of aliphatic hydroxyl groups is 2. The predicted molar refractivity (Wildman–Crippen MR) is 310 cm³/mol. The van der Waals surface area contributed by atoms with Gasteiger partial charge in [-0.2, -0.15) is 0 Å². The van der Waals surface area contributed by atoms with Crippen molar-refractivity contribution >= 4 is 11.9 Å². The lowest BCUT2D eigenvalue weighted by Crippen LogP contribution is -2.45. The summed E-state index contributed by atoms with van der Waals surface area (Å²) in [5.41, 5.74) is 0. The average molecular weight is 1000 g/mol. The monoisotopic (exact) mass is 1000 g/mol. The van der Waals surface area contributed by atoms with Gasteiger partial charge in [-0.1, -0.05) is 308 Å². The summed E-state index contributed by atoms with van der Waals surface area (Å²) in [7, 11) is 0. The van der Waals surface area contributed by atoms with Gasteiger partial charge in [0.2, 0.25) is 5.91 Å². The van der Waals surface area contributed by atoms with Crippen LogP contribution in [0.15, 0.2) is 24.3 Å². The molecule has 0 spiro atoms. The van der Waals surface area contributed by atoms with Crippen LogP contribution in [0.2, 0.25) is 0 Å². The van der Waals surface area contributed by atoms with Crippen LogP contribution in [-0.4, -0.2) is 47.4 Å². The first kappa shape index (κ1) is 69.3. The van der Waals surface area contributed by atoms with Gasteiger partial charge in [-0.25, -0.2) is 0 Å². The van der Waals surface area contributed by atoms with Gasteiger partial charge in [0, 0.05) is 12.8 Å². The Morgan fingerprint density at radius 3 is 1.00 bits per heavy atom. The Kier molecular flexibility index (Phi) is 59.5. The maximum atomic E-state index is 12.5. The lowest BCUT2D eigenvalue weighted by atomic mass is 10.0. The number of allylic oxidation sites excluding steroid dienone is 3. The maximum Gasteiger partial charge on any atom is 0.305 e. The molecule has 420 valence electrons. The molecule has 0 saturated heterocycles. The number of amides is 1. The molecule has 0 aromatic rings. The van der Waals surface area contributed by atoms with Crippen molar-refractivity contribution in [2.24, 2.45) is 0 Å². The number of carbonyl (C=O) groups is 2. The molecular formula is C65H125NO5. The quantitative estimate of drug-likeness (QED) is 0.0320. The average Bonchev–Trinajstić information content (AvgIpc) is 3.37. The van der Waals surface area contributed by atoms with E-state index in [4.69, 9.17) is 4.74 Å². The van der Waals surface area contributed by atoms with Gasteiger partial charge in [-0.3, -0.25) is 9.59 Å². The Hall–Kier alpha value is -1.66. The molecule has 0 saturated carbocycles. The smallest absolute Gasteiger partial charge is 0.305 e. The highest BCUT2D eigenvalue weighted by Crippen LogP contribution is 2.18. The van der Waals surface area contributed by atoms with E-state index in [-0.39, 0.29) is 18.5 Å². The normalized spacial score (nSPS) is 12.7. The summed E-state index contributed by atoms with van der Waals surface area (Å²) in [6, 6.07) is -0.640. The summed E-state index contributed by atoms with van der Waals surface area (Å²) >= 11 is 0. The van der Waals surface area contributed by atoms with Crippen molar-refractivity contribution in [1.82, 2.24) is 5.32 Å². The van der Waals surface area contributed by atoms with Crippen LogP contribution < -0.4 is 5.32 Å². The Bertz CT molecular complexity index is 1110. The van der Waals surface area contributed by atoms with E-state index >= 15 is 0 Å². The summed E-state index contributed by atoms with van der Waals surface area (Å²) in [5.74, 6) is -0.0861. The fourth-order valence-electron chi connectivity index (χ4n) is 10.0. The van der Waals surface area contributed by atoms with Crippen molar-refractivity contribution in [3.05, 3.63) is 24.3 Å². The van der Waals surface area contributed by atoms with Crippen LogP contribution in [-0.2, 0) is 14.3 Å². The number of ether oxygens (including phenoxy) is 1. The molecule has 0 aliphatic carbocycles. The van der Waals surface area contributed by atoms with Gasteiger partial charge < -0.3 is 20.3 Å². The summed E-state index contributed by atoms with van der Waals surface area (Å²) in [6.45, 7) is 4.90. The first-order valence-corrected chi connectivity index (χ1v) is 32.1. The SMILES string of the molecule is CCCCCCCCCCCCCCCCCCCCCC/C=C/C(O)C(CO)NC(=O)CCCCCCCCC/C=C\CCCCCCOC(=O)CCCCCCCCCCCCCCCCCCC. The van der Waals surface area contributed by atoms with Crippen molar-refractivity contribution in [3.63, 3.8) is 0 Å². The summed E-state index contributed by atoms with van der Waals surface area (Å²) < 4.78 is 5.48. The number of aliphatic hydroxyl groups excluding tert-OH is 2. The first-order valence-electron chi connectivity index (χ1n) is 32.1. The third kappa shape index (κ3) is 57.5. The molecule has 6 heteroatoms. The van der Waals surface area contributed by atoms with E-state index in [1.54, 1.807) is 6.08 Å². The van der Waals surface area contributed by atoms with E-state index in [1.165, 1.54) is 257 Å². The van der Waals surface area contributed by atoms with Crippen LogP contribution in [0.25, 0.3) is 0 Å². The van der Waals surface area contributed by atoms with E-state index in [0.29, 0.717) is 19.4 Å². The van der Waals surface area contributed by atoms with E-state index in [1.807, 2.05) is 6.08 Å². The topological polar surface area (TPSA) is 95.9 Å². The molecule has 2 atom stereocenters. The van der Waals surface area contributed by atoms with Crippen LogP contribution in [0.3, 0.4) is 0 Å². The lowest BCUT2D eigenvalue weighted by molar-refractivity contribution is -0.143. The van der Waals surface area contributed by atoms with Gasteiger partial charge in [-0.05, 0) is 57.8 Å². The van der Waals surface area contributed by atoms with Gasteiger partial charge in [0.25, 0.3) is 0 Å². The molecule has 0 aliphatic rings. The number of rotatable bonds is 60. The molecule has 0 aromatic carbocycles. The zero-order chi connectivity index (χ0) is 51.4. The number of unbranched alkanes of at least 4 members (excludes halogenated alkanes) is 47. The standard InChI is InChI=1S/C65H125NO5/c1-3-5-7-9-11-13-15-17-19-21-22-23-24-25-27-29-33-37-41-45-49-53-57-63(68)62(61-67)66-64(69)58-54-50-46-42-38-34-30-28-32-36-40-44-48-52-56-60-71-65(70)59-55-51-47-43-39-35-31-26-20-18-16-14-12-10-8-6-4-2/h32,36,53,57,62-63,67-68H,3-31,33-35,37-52,54-56,58-61H2,1-2H3,(H,66,69)/b36-32-,57-53+. The third-order valence-electron chi connectivity index (χ3n) is 15.0. The number of hydrogen-bond donors (Lipinski definition) is 3. The molecule has 6 nitrogen and oxygen atoms in total. The molecule has 2 unspecified atom stereocenters. The van der Waals surface area contributed by atoms with Crippen LogP contribution >= 0.6 is 0 Å². The second kappa shape index (κ2) is 60.9. The molecule has 0 radical (unpaired) electrons. The molecule has 0 aromatic heterocycles. The Balaban J connectivity index is 3.48. The highest BCUT2D eigenvalue weighted by atomic mass is 16.5. The number of carbonyl (C=O) groups excluding carboxylic acids is 2. The Morgan fingerprint density at radius 2 is 0.662 bits per heavy atom. The maximum absolute atomic E-state index is 12.5. The zero-order valence-corrected chi connectivity index (χ0v) is 48.0. The highest BCUT2D eigenvalue weighted by molar-refractivity contribution is 5.76. The second-order valence-corrected chi connectivity index (χ2v) is 22.1. The van der Waals surface area contributed by atoms with Crippen LogP contribution in [0.4, 0.5) is 0 Å². The lowest BCUT2D eigenvalue weighted by Gasteiger charge is -2.20. The minimum atomic E-state index is -0.855. The Labute approximate surface area is 443 Å². The van der Waals surface area contributed by atoms with Crippen LogP contribution in [0.1, 0.15) is 354 Å². The molecule has 1 amide bonds. The van der Waals surface area contributed by atoms with Crippen LogP contribution in [0, 0.1) is 0 Å². The first-order chi connectivity index (χ1) is 35.0. The fourth-order valence-corrected chi connectivity index (χ4v) is 10.0. The van der Waals surface area contributed by atoms with Gasteiger partial charge in [0.1, 0.15) is 0 Å². The molecular weight excluding hydrogens is 875 g/mol. The van der Waals surface area contributed by atoms with Crippen molar-refractivity contribution in [3.8, 4) is 0 Å². The van der Waals surface area contributed by atoms with Gasteiger partial charge in [0.15, 0.2) is 0 Å². The zero-order valence-electron chi connectivity index (χ0n) is 48.0. The second-order valence-electron chi connectivity index (χ2n) is 22.1. The molecule has 0 heterocycles. The minimum Gasteiger partial charge on any atom is -0.466 e. The highest BCUT2D eigenvalue weighted by Gasteiger charge is 2.18. The molecule has 71 heavy (non-hydrogen) atoms. The Morgan fingerprint density at radius 1 is 0.380 bits per heavy atom. The van der Waals surface area contributed by atoms with Crippen LogP contribution in [0.5, 0.6) is 0 Å². The van der Waals surface area contributed by atoms with Crippen molar-refractivity contribution in [2.75, 3.05) is 13.2 Å². The van der Waals surface area contributed by atoms with Crippen molar-refractivity contribution in [1.29, 1.82) is 0 Å². The fraction of sp³-hybridized carbons (Fsp3) is 0.908.